The molecular weight excluding hydrogens is 480 g/mol. The Balaban J connectivity index is 1.54. The topological polar surface area (TPSA) is 105 Å². The lowest BCUT2D eigenvalue weighted by Crippen LogP contribution is -2.27. The molecule has 1 N–H and O–H groups in total. The van der Waals surface area contributed by atoms with Crippen molar-refractivity contribution in [2.75, 3.05) is 17.8 Å². The van der Waals surface area contributed by atoms with Crippen LogP contribution in [0.2, 0.25) is 0 Å². The first-order valence-electron chi connectivity index (χ1n) is 8.84. The smallest absolute Gasteiger partial charge is 0.311 e. The molecule has 0 radical (unpaired) electrons. The van der Waals surface area contributed by atoms with Crippen LogP contribution in [-0.4, -0.2) is 42.5 Å². The van der Waals surface area contributed by atoms with E-state index in [9.17, 15) is 13.2 Å². The Kier molecular flexibility index (Phi) is 5.45. The predicted molar refractivity (Wildman–Crippen MR) is 112 cm³/mol. The van der Waals surface area contributed by atoms with Crippen LogP contribution in [-0.2, 0) is 10.0 Å². The molecule has 1 amide bonds. The highest BCUT2D eigenvalue weighted by Gasteiger charge is 2.26. The van der Waals surface area contributed by atoms with Gasteiger partial charge in [-0.05, 0) is 59.5 Å². The van der Waals surface area contributed by atoms with Gasteiger partial charge in [-0.1, -0.05) is 6.07 Å². The molecule has 1 aliphatic rings. The molecule has 4 rings (SSSR count). The lowest BCUT2D eigenvalue weighted by atomic mass is 10.2. The maximum absolute atomic E-state index is 12.7. The molecule has 0 aliphatic carbocycles. The largest absolute Gasteiger partial charge is 0.412 e. The standard InChI is InChI=1S/C18H17BrN4O4S2/c1-11-4-5-14(13(19)8-11)22-29(25,26)15-9-12(10-28-15)16-20-21-17(27-16)18(24)23-6-2-3-7-23/h4-5,8-10,22H,2-3,6-7H2,1H3. The van der Waals surface area contributed by atoms with Crippen LogP contribution < -0.4 is 4.72 Å². The van der Waals surface area contributed by atoms with Crippen LogP contribution >= 0.6 is 27.3 Å². The van der Waals surface area contributed by atoms with E-state index in [2.05, 4.69) is 30.8 Å². The van der Waals surface area contributed by atoms with Gasteiger partial charge < -0.3 is 9.32 Å². The predicted octanol–water partition coefficient (Wildman–Crippen LogP) is 3.91. The van der Waals surface area contributed by atoms with Gasteiger partial charge in [0.05, 0.1) is 11.3 Å². The quantitative estimate of drug-likeness (QED) is 0.573. The minimum absolute atomic E-state index is 0.0841. The van der Waals surface area contributed by atoms with Crippen molar-refractivity contribution in [2.45, 2.75) is 24.0 Å². The van der Waals surface area contributed by atoms with Crippen LogP contribution in [0.15, 0.2) is 42.7 Å². The van der Waals surface area contributed by atoms with Crippen LogP contribution in [0.5, 0.6) is 0 Å². The van der Waals surface area contributed by atoms with Crippen molar-refractivity contribution in [3.8, 4) is 11.5 Å². The first-order chi connectivity index (χ1) is 13.8. The number of aryl methyl sites for hydroxylation is 1. The molecule has 152 valence electrons. The Morgan fingerprint density at radius 3 is 2.72 bits per heavy atom. The molecule has 1 fully saturated rings. The highest BCUT2D eigenvalue weighted by atomic mass is 79.9. The third kappa shape index (κ3) is 4.21. The number of hydrogen-bond acceptors (Lipinski definition) is 7. The zero-order valence-corrected chi connectivity index (χ0v) is 18.6. The van der Waals surface area contributed by atoms with Gasteiger partial charge in [0, 0.05) is 22.9 Å². The zero-order chi connectivity index (χ0) is 20.6. The van der Waals surface area contributed by atoms with Gasteiger partial charge in [-0.15, -0.1) is 21.5 Å². The number of likely N-dealkylation sites (tertiary alicyclic amines) is 1. The second kappa shape index (κ2) is 7.88. The fourth-order valence-electron chi connectivity index (χ4n) is 2.95. The first kappa shape index (κ1) is 20.0. The van der Waals surface area contributed by atoms with Gasteiger partial charge in [-0.3, -0.25) is 9.52 Å². The highest BCUT2D eigenvalue weighted by Crippen LogP contribution is 2.31. The monoisotopic (exact) mass is 496 g/mol. The van der Waals surface area contributed by atoms with Crippen LogP contribution in [0.4, 0.5) is 5.69 Å². The fraction of sp³-hybridized carbons (Fsp3) is 0.278. The molecule has 3 aromatic rings. The number of carbonyl (C=O) groups is 1. The Morgan fingerprint density at radius 2 is 2.00 bits per heavy atom. The van der Waals surface area contributed by atoms with E-state index in [1.165, 1.54) is 6.07 Å². The van der Waals surface area contributed by atoms with E-state index < -0.39 is 10.0 Å². The number of halogens is 1. The van der Waals surface area contributed by atoms with Crippen LogP contribution in [0.3, 0.4) is 0 Å². The molecule has 1 aromatic carbocycles. The van der Waals surface area contributed by atoms with Gasteiger partial charge in [-0.2, -0.15) is 0 Å². The number of amides is 1. The van der Waals surface area contributed by atoms with Crippen molar-refractivity contribution in [1.82, 2.24) is 15.1 Å². The molecule has 11 heteroatoms. The molecule has 0 bridgehead atoms. The Labute approximate surface area is 180 Å². The lowest BCUT2D eigenvalue weighted by molar-refractivity contribution is 0.0754. The van der Waals surface area contributed by atoms with Crippen molar-refractivity contribution < 1.29 is 17.6 Å². The average molecular weight is 497 g/mol. The summed E-state index contributed by atoms with van der Waals surface area (Å²) in [5.74, 6) is -0.267. The molecule has 8 nitrogen and oxygen atoms in total. The maximum atomic E-state index is 12.7. The van der Waals surface area contributed by atoms with Crippen molar-refractivity contribution >= 4 is 48.9 Å². The summed E-state index contributed by atoms with van der Waals surface area (Å²) >= 11 is 4.40. The second-order valence-corrected chi connectivity index (χ2v) is 10.3. The number of sulfonamides is 1. The first-order valence-corrected chi connectivity index (χ1v) is 12.0. The van der Waals surface area contributed by atoms with Gasteiger partial charge in [0.2, 0.25) is 5.89 Å². The highest BCUT2D eigenvalue weighted by molar-refractivity contribution is 9.10. The number of rotatable bonds is 5. The summed E-state index contributed by atoms with van der Waals surface area (Å²) < 4.78 is 34.3. The number of benzene rings is 1. The third-order valence-corrected chi connectivity index (χ3v) is 7.92. The van der Waals surface area contributed by atoms with Crippen molar-refractivity contribution in [2.24, 2.45) is 0 Å². The van der Waals surface area contributed by atoms with Gasteiger partial charge in [-0.25, -0.2) is 8.42 Å². The maximum Gasteiger partial charge on any atom is 0.311 e. The van der Waals surface area contributed by atoms with Crippen molar-refractivity contribution in [1.29, 1.82) is 0 Å². The van der Waals surface area contributed by atoms with E-state index in [4.69, 9.17) is 4.42 Å². The third-order valence-electron chi connectivity index (χ3n) is 4.46. The van der Waals surface area contributed by atoms with Crippen molar-refractivity contribution in [3.63, 3.8) is 0 Å². The lowest BCUT2D eigenvalue weighted by Gasteiger charge is -2.11. The molecule has 0 atom stereocenters. The molecule has 2 aromatic heterocycles. The fourth-order valence-corrected chi connectivity index (χ4v) is 5.91. The molecule has 0 saturated carbocycles. The summed E-state index contributed by atoms with van der Waals surface area (Å²) in [6.07, 6.45) is 1.92. The van der Waals surface area contributed by atoms with Gasteiger partial charge in [0.15, 0.2) is 0 Å². The molecule has 0 unspecified atom stereocenters. The number of anilines is 1. The molecule has 1 saturated heterocycles. The Hall–Kier alpha value is -2.24. The molecule has 3 heterocycles. The van der Waals surface area contributed by atoms with E-state index >= 15 is 0 Å². The summed E-state index contributed by atoms with van der Waals surface area (Å²) in [6.45, 7) is 3.27. The summed E-state index contributed by atoms with van der Waals surface area (Å²) in [5, 5.41) is 9.33. The van der Waals surface area contributed by atoms with Crippen LogP contribution in [0.25, 0.3) is 11.5 Å². The Morgan fingerprint density at radius 1 is 1.24 bits per heavy atom. The average Bonchev–Trinajstić information content (AvgIpc) is 3.44. The summed E-state index contributed by atoms with van der Waals surface area (Å²) in [5.41, 5.74) is 1.90. The van der Waals surface area contributed by atoms with E-state index in [-0.39, 0.29) is 21.9 Å². The minimum atomic E-state index is -3.78. The zero-order valence-electron chi connectivity index (χ0n) is 15.4. The molecule has 0 spiro atoms. The number of thiophene rings is 1. The number of carbonyl (C=O) groups excluding carboxylic acids is 1. The van der Waals surface area contributed by atoms with E-state index in [0.29, 0.717) is 28.8 Å². The van der Waals surface area contributed by atoms with E-state index in [0.717, 1.165) is 29.7 Å². The van der Waals surface area contributed by atoms with Gasteiger partial charge in [0.1, 0.15) is 4.21 Å². The van der Waals surface area contributed by atoms with E-state index in [1.807, 2.05) is 19.1 Å². The molecule has 1 aliphatic heterocycles. The number of nitrogens with zero attached hydrogens (tertiary/aromatic N) is 3. The molecular formula is C18H17BrN4O4S2. The number of aromatic nitrogens is 2. The van der Waals surface area contributed by atoms with Crippen LogP contribution in [0, 0.1) is 6.92 Å². The van der Waals surface area contributed by atoms with Crippen LogP contribution in [0.1, 0.15) is 29.1 Å². The molecule has 29 heavy (non-hydrogen) atoms. The minimum Gasteiger partial charge on any atom is -0.412 e. The normalized spacial score (nSPS) is 14.3. The number of nitrogens with one attached hydrogen (secondary N) is 1. The van der Waals surface area contributed by atoms with Crippen molar-refractivity contribution in [3.05, 3.63) is 45.6 Å². The summed E-state index contributed by atoms with van der Waals surface area (Å²) in [4.78, 5) is 14.0. The SMILES string of the molecule is Cc1ccc(NS(=O)(=O)c2cc(-c3nnc(C(=O)N4CCCC4)o3)cs2)c(Br)c1. The van der Waals surface area contributed by atoms with E-state index in [1.54, 1.807) is 16.3 Å². The Bertz CT molecular complexity index is 1170. The summed E-state index contributed by atoms with van der Waals surface area (Å²) in [7, 11) is -3.78. The number of hydrogen-bond donors (Lipinski definition) is 1. The second-order valence-electron chi connectivity index (χ2n) is 6.65. The summed E-state index contributed by atoms with van der Waals surface area (Å²) in [6, 6.07) is 6.79. The van der Waals surface area contributed by atoms with Gasteiger partial charge >= 0.3 is 11.8 Å². The van der Waals surface area contributed by atoms with Gasteiger partial charge in [0.25, 0.3) is 10.0 Å².